The lowest BCUT2D eigenvalue weighted by atomic mass is 10.1. The van der Waals surface area contributed by atoms with Gasteiger partial charge >= 0.3 is 0 Å². The second kappa shape index (κ2) is 7.17. The molecule has 0 atom stereocenters. The van der Waals surface area contributed by atoms with Crippen LogP contribution in [-0.4, -0.2) is 14.9 Å². The van der Waals surface area contributed by atoms with E-state index in [1.54, 1.807) is 31.2 Å². The van der Waals surface area contributed by atoms with Gasteiger partial charge in [-0.2, -0.15) is 5.10 Å². The normalized spacial score (nSPS) is 10.9. The molecule has 25 heavy (non-hydrogen) atoms. The van der Waals surface area contributed by atoms with Crippen LogP contribution >= 0.6 is 11.6 Å². The Morgan fingerprint density at radius 2 is 1.88 bits per heavy atom. The molecule has 1 aromatic heterocycles. The molecule has 3 rings (SSSR count). The first kappa shape index (κ1) is 17.3. The second-order valence-electron chi connectivity index (χ2n) is 5.77. The van der Waals surface area contributed by atoms with Crippen LogP contribution < -0.4 is 5.56 Å². The summed E-state index contributed by atoms with van der Waals surface area (Å²) in [5.74, 6) is -0.305. The molecular weight excluding hydrogens is 343 g/mol. The Morgan fingerprint density at radius 3 is 2.52 bits per heavy atom. The van der Waals surface area contributed by atoms with E-state index < -0.39 is 6.61 Å². The monoisotopic (exact) mass is 358 g/mol. The van der Waals surface area contributed by atoms with Crippen molar-refractivity contribution in [3.63, 3.8) is 0 Å². The van der Waals surface area contributed by atoms with Crippen LogP contribution in [0, 0.1) is 12.7 Å². The molecule has 4 nitrogen and oxygen atoms in total. The van der Waals surface area contributed by atoms with Crippen LogP contribution in [0.3, 0.4) is 0 Å². The van der Waals surface area contributed by atoms with Gasteiger partial charge in [-0.3, -0.25) is 4.79 Å². The minimum atomic E-state index is -0.394. The van der Waals surface area contributed by atoms with E-state index in [-0.39, 0.29) is 23.5 Å². The van der Waals surface area contributed by atoms with Crippen molar-refractivity contribution in [1.29, 1.82) is 0 Å². The molecule has 0 amide bonds. The predicted molar refractivity (Wildman–Crippen MR) is 95.1 cm³/mol. The zero-order valence-corrected chi connectivity index (χ0v) is 14.3. The number of aliphatic hydroxyl groups is 1. The molecule has 1 heterocycles. The van der Waals surface area contributed by atoms with Gasteiger partial charge in [-0.1, -0.05) is 23.7 Å². The molecule has 6 heteroatoms. The van der Waals surface area contributed by atoms with Crippen LogP contribution in [-0.2, 0) is 13.2 Å². The van der Waals surface area contributed by atoms with E-state index in [0.717, 1.165) is 5.56 Å². The third kappa shape index (κ3) is 3.78. The molecule has 0 aliphatic heterocycles. The van der Waals surface area contributed by atoms with Gasteiger partial charge in [-0.05, 0) is 54.4 Å². The van der Waals surface area contributed by atoms with Crippen LogP contribution in [0.5, 0.6) is 0 Å². The number of rotatable bonds is 4. The number of aromatic nitrogens is 2. The first-order valence-corrected chi connectivity index (χ1v) is 8.08. The van der Waals surface area contributed by atoms with Crippen molar-refractivity contribution >= 4 is 11.6 Å². The van der Waals surface area contributed by atoms with Gasteiger partial charge in [0.25, 0.3) is 5.56 Å². The summed E-state index contributed by atoms with van der Waals surface area (Å²) in [7, 11) is 0. The predicted octanol–water partition coefficient (Wildman–Crippen LogP) is 3.55. The first-order valence-electron chi connectivity index (χ1n) is 7.71. The Hall–Kier alpha value is -2.50. The smallest absolute Gasteiger partial charge is 0.272 e. The third-order valence-electron chi connectivity index (χ3n) is 3.92. The maximum Gasteiger partial charge on any atom is 0.272 e. The van der Waals surface area contributed by atoms with Crippen LogP contribution in [0.1, 0.15) is 16.7 Å². The summed E-state index contributed by atoms with van der Waals surface area (Å²) in [5.41, 5.74) is 2.40. The number of nitrogens with zero attached hydrogens (tertiary/aromatic N) is 2. The summed E-state index contributed by atoms with van der Waals surface area (Å²) in [6.45, 7) is 1.52. The average molecular weight is 359 g/mol. The van der Waals surface area contributed by atoms with Crippen molar-refractivity contribution < 1.29 is 9.50 Å². The van der Waals surface area contributed by atoms with Gasteiger partial charge in [-0.15, -0.1) is 0 Å². The highest BCUT2D eigenvalue weighted by molar-refractivity contribution is 6.30. The van der Waals surface area contributed by atoms with E-state index >= 15 is 0 Å². The van der Waals surface area contributed by atoms with Gasteiger partial charge < -0.3 is 5.11 Å². The van der Waals surface area contributed by atoms with Gasteiger partial charge in [0.2, 0.25) is 0 Å². The molecule has 0 saturated heterocycles. The van der Waals surface area contributed by atoms with Gasteiger partial charge in [0, 0.05) is 16.1 Å². The van der Waals surface area contributed by atoms with Gasteiger partial charge in [-0.25, -0.2) is 9.07 Å². The van der Waals surface area contributed by atoms with Crippen molar-refractivity contribution in [2.24, 2.45) is 0 Å². The third-order valence-corrected chi connectivity index (χ3v) is 4.17. The van der Waals surface area contributed by atoms with Crippen molar-refractivity contribution in [1.82, 2.24) is 9.78 Å². The Labute approximate surface area is 149 Å². The lowest BCUT2D eigenvalue weighted by molar-refractivity contribution is 0.278. The highest BCUT2D eigenvalue weighted by Crippen LogP contribution is 2.20. The first-order chi connectivity index (χ1) is 12.0. The van der Waals surface area contributed by atoms with E-state index in [9.17, 15) is 14.3 Å². The minimum Gasteiger partial charge on any atom is -0.391 e. The molecule has 0 radical (unpaired) electrons. The lowest BCUT2D eigenvalue weighted by Crippen LogP contribution is -2.27. The average Bonchev–Trinajstić information content (AvgIpc) is 2.61. The summed E-state index contributed by atoms with van der Waals surface area (Å²) < 4.78 is 14.8. The molecule has 0 fully saturated rings. The molecular formula is C19H16ClFN2O2. The Balaban J connectivity index is 2.07. The number of halogens is 2. The number of hydrogen-bond acceptors (Lipinski definition) is 3. The molecule has 0 saturated carbocycles. The molecule has 0 aliphatic rings. The Bertz CT molecular complexity index is 968. The summed E-state index contributed by atoms with van der Waals surface area (Å²) in [4.78, 5) is 12.4. The van der Waals surface area contributed by atoms with Crippen molar-refractivity contribution in [3.05, 3.63) is 86.4 Å². The highest BCUT2D eigenvalue weighted by atomic mass is 35.5. The van der Waals surface area contributed by atoms with Gasteiger partial charge in [0.05, 0.1) is 18.8 Å². The SMILES string of the molecule is Cc1cc(-c2cc(CO)c(=O)n(Cc3ccc(Cl)cc3)n2)ccc1F. The highest BCUT2D eigenvalue weighted by Gasteiger charge is 2.11. The maximum atomic E-state index is 13.5. The topological polar surface area (TPSA) is 55.1 Å². The van der Waals surface area contributed by atoms with E-state index in [2.05, 4.69) is 5.10 Å². The van der Waals surface area contributed by atoms with Crippen molar-refractivity contribution in [2.45, 2.75) is 20.1 Å². The van der Waals surface area contributed by atoms with Crippen molar-refractivity contribution in [2.75, 3.05) is 0 Å². The number of benzene rings is 2. The Morgan fingerprint density at radius 1 is 1.16 bits per heavy atom. The van der Waals surface area contributed by atoms with E-state index in [0.29, 0.717) is 21.8 Å². The maximum absolute atomic E-state index is 13.5. The van der Waals surface area contributed by atoms with Crippen LogP contribution in [0.25, 0.3) is 11.3 Å². The molecule has 3 aromatic rings. The standard InChI is InChI=1S/C19H16ClFN2O2/c1-12-8-14(4-7-17(12)21)18-9-15(11-24)19(25)23(22-18)10-13-2-5-16(20)6-3-13/h2-9,24H,10-11H2,1H3. The molecule has 2 aromatic carbocycles. The summed E-state index contributed by atoms with van der Waals surface area (Å²) in [6, 6.07) is 13.3. The second-order valence-corrected chi connectivity index (χ2v) is 6.20. The van der Waals surface area contributed by atoms with Crippen LogP contribution in [0.2, 0.25) is 5.02 Å². The van der Waals surface area contributed by atoms with E-state index in [1.165, 1.54) is 16.8 Å². The van der Waals surface area contributed by atoms with E-state index in [1.807, 2.05) is 12.1 Å². The molecule has 0 unspecified atom stereocenters. The number of hydrogen-bond donors (Lipinski definition) is 1. The molecule has 128 valence electrons. The molecule has 0 spiro atoms. The zero-order valence-electron chi connectivity index (χ0n) is 13.5. The van der Waals surface area contributed by atoms with Gasteiger partial charge in [0.15, 0.2) is 0 Å². The quantitative estimate of drug-likeness (QED) is 0.776. The fourth-order valence-corrected chi connectivity index (χ4v) is 2.65. The fraction of sp³-hybridized carbons (Fsp3) is 0.158. The summed E-state index contributed by atoms with van der Waals surface area (Å²) in [5, 5.41) is 14.5. The number of aliphatic hydroxyl groups excluding tert-OH is 1. The Kier molecular flexibility index (Phi) is 4.97. The lowest BCUT2D eigenvalue weighted by Gasteiger charge is -2.11. The van der Waals surface area contributed by atoms with Crippen LogP contribution in [0.15, 0.2) is 53.3 Å². The molecule has 0 aliphatic carbocycles. The summed E-state index contributed by atoms with van der Waals surface area (Å²) >= 11 is 5.88. The van der Waals surface area contributed by atoms with Crippen LogP contribution in [0.4, 0.5) is 4.39 Å². The molecule has 0 bridgehead atoms. The zero-order chi connectivity index (χ0) is 18.0. The number of aryl methyl sites for hydroxylation is 1. The van der Waals surface area contributed by atoms with Crippen molar-refractivity contribution in [3.8, 4) is 11.3 Å². The summed E-state index contributed by atoms with van der Waals surface area (Å²) in [6.07, 6.45) is 0. The minimum absolute atomic E-state index is 0.237. The molecule has 1 N–H and O–H groups in total. The fourth-order valence-electron chi connectivity index (χ4n) is 2.53. The largest absolute Gasteiger partial charge is 0.391 e. The van der Waals surface area contributed by atoms with E-state index in [4.69, 9.17) is 11.6 Å². The van der Waals surface area contributed by atoms with Gasteiger partial charge in [0.1, 0.15) is 5.82 Å².